The van der Waals surface area contributed by atoms with Crippen LogP contribution in [-0.4, -0.2) is 62.2 Å². The van der Waals surface area contributed by atoms with E-state index in [1.165, 1.54) is 25.7 Å². The number of nitrogens with zero attached hydrogens (tertiary/aromatic N) is 2. The van der Waals surface area contributed by atoms with Crippen molar-refractivity contribution < 1.29 is 9.53 Å². The summed E-state index contributed by atoms with van der Waals surface area (Å²) in [5.74, 6) is 1.40. The van der Waals surface area contributed by atoms with Crippen LogP contribution in [0.2, 0.25) is 0 Å². The summed E-state index contributed by atoms with van der Waals surface area (Å²) in [5.41, 5.74) is 0.282. The van der Waals surface area contributed by atoms with Gasteiger partial charge in [-0.2, -0.15) is 0 Å². The number of amides is 1. The number of aliphatic imine (C=N–C) groups is 1. The van der Waals surface area contributed by atoms with Crippen molar-refractivity contribution in [1.29, 1.82) is 0 Å². The molecule has 2 aliphatic carbocycles. The van der Waals surface area contributed by atoms with Crippen molar-refractivity contribution in [3.63, 3.8) is 0 Å². The molecule has 25 heavy (non-hydrogen) atoms. The number of fused-ring (bicyclic) bond motifs is 2. The van der Waals surface area contributed by atoms with E-state index in [1.54, 1.807) is 19.0 Å². The van der Waals surface area contributed by atoms with Crippen molar-refractivity contribution >= 4 is 11.9 Å². The van der Waals surface area contributed by atoms with Gasteiger partial charge in [0.25, 0.3) is 0 Å². The Morgan fingerprint density at radius 2 is 2.08 bits per heavy atom. The van der Waals surface area contributed by atoms with Gasteiger partial charge in [-0.3, -0.25) is 4.79 Å². The van der Waals surface area contributed by atoms with E-state index >= 15 is 0 Å². The lowest BCUT2D eigenvalue weighted by atomic mass is 9.54. The number of ether oxygens (including phenoxy) is 1. The first kappa shape index (κ1) is 18.5. The molecule has 4 unspecified atom stereocenters. The molecule has 1 aliphatic heterocycles. The molecule has 142 valence electrons. The van der Waals surface area contributed by atoms with Crippen LogP contribution in [0.15, 0.2) is 4.99 Å². The highest BCUT2D eigenvalue weighted by Gasteiger charge is 2.65. The van der Waals surface area contributed by atoms with Crippen molar-refractivity contribution in [2.45, 2.75) is 70.6 Å². The van der Waals surface area contributed by atoms with Crippen LogP contribution in [0.1, 0.15) is 52.4 Å². The zero-order chi connectivity index (χ0) is 18.0. The number of hydrogen-bond acceptors (Lipinski definition) is 3. The van der Waals surface area contributed by atoms with Crippen LogP contribution >= 0.6 is 0 Å². The molecule has 2 N–H and O–H groups in total. The highest BCUT2D eigenvalue weighted by atomic mass is 16.5. The Bertz CT molecular complexity index is 514. The third kappa shape index (κ3) is 3.50. The Morgan fingerprint density at radius 3 is 2.72 bits per heavy atom. The van der Waals surface area contributed by atoms with Crippen molar-refractivity contribution in [2.24, 2.45) is 16.3 Å². The fourth-order valence-corrected chi connectivity index (χ4v) is 4.81. The summed E-state index contributed by atoms with van der Waals surface area (Å²) in [4.78, 5) is 18.1. The predicted molar refractivity (Wildman–Crippen MR) is 99.6 cm³/mol. The van der Waals surface area contributed by atoms with Crippen LogP contribution in [0.25, 0.3) is 0 Å². The molecule has 0 aromatic heterocycles. The molecule has 1 spiro atoms. The minimum atomic E-state index is 0.0246. The van der Waals surface area contributed by atoms with Crippen molar-refractivity contribution in [3.05, 3.63) is 0 Å². The van der Waals surface area contributed by atoms with Gasteiger partial charge in [0.2, 0.25) is 5.91 Å². The first-order valence-corrected chi connectivity index (χ1v) is 9.87. The molecule has 0 radical (unpaired) electrons. The van der Waals surface area contributed by atoms with Gasteiger partial charge < -0.3 is 20.3 Å². The van der Waals surface area contributed by atoms with Crippen LogP contribution in [0.3, 0.4) is 0 Å². The zero-order valence-electron chi connectivity index (χ0n) is 16.2. The number of rotatable bonds is 5. The lowest BCUT2D eigenvalue weighted by molar-refractivity contribution is -0.127. The first-order valence-electron chi connectivity index (χ1n) is 9.87. The lowest BCUT2D eigenvalue weighted by Crippen LogP contribution is -2.69. The number of carbonyl (C=O) groups is 1. The molecule has 3 rings (SSSR count). The summed E-state index contributed by atoms with van der Waals surface area (Å²) in [7, 11) is 3.54. The molecule has 4 atom stereocenters. The molecular weight excluding hydrogens is 316 g/mol. The normalized spacial score (nSPS) is 31.4. The van der Waals surface area contributed by atoms with Crippen molar-refractivity contribution in [1.82, 2.24) is 15.5 Å². The highest BCUT2D eigenvalue weighted by molar-refractivity contribution is 5.85. The summed E-state index contributed by atoms with van der Waals surface area (Å²) in [6, 6.07) is 0.753. The van der Waals surface area contributed by atoms with E-state index in [0.717, 1.165) is 25.4 Å². The van der Waals surface area contributed by atoms with Gasteiger partial charge >= 0.3 is 0 Å². The summed E-state index contributed by atoms with van der Waals surface area (Å²) >= 11 is 0. The van der Waals surface area contributed by atoms with Gasteiger partial charge in [0.05, 0.1) is 6.10 Å². The SMILES string of the molecule is CCC(C)NC(=NCC(=O)N(C)C)NC1C2CCOC2C12CCCC2. The minimum absolute atomic E-state index is 0.0246. The second kappa shape index (κ2) is 7.52. The van der Waals surface area contributed by atoms with Gasteiger partial charge in [0.1, 0.15) is 6.54 Å². The van der Waals surface area contributed by atoms with E-state index < -0.39 is 0 Å². The van der Waals surface area contributed by atoms with E-state index in [2.05, 4.69) is 29.5 Å². The minimum Gasteiger partial charge on any atom is -0.377 e. The molecule has 3 fully saturated rings. The fraction of sp³-hybridized carbons (Fsp3) is 0.895. The third-order valence-electron chi connectivity index (χ3n) is 6.45. The quantitative estimate of drug-likeness (QED) is 0.586. The van der Waals surface area contributed by atoms with Crippen LogP contribution in [0.5, 0.6) is 0 Å². The maximum Gasteiger partial charge on any atom is 0.243 e. The number of carbonyl (C=O) groups excluding carboxylic acids is 1. The summed E-state index contributed by atoms with van der Waals surface area (Å²) < 4.78 is 6.07. The fourth-order valence-electron chi connectivity index (χ4n) is 4.81. The first-order chi connectivity index (χ1) is 12.0. The Labute approximate surface area is 151 Å². The maximum absolute atomic E-state index is 11.9. The Kier molecular flexibility index (Phi) is 5.56. The summed E-state index contributed by atoms with van der Waals surface area (Å²) in [5, 5.41) is 7.18. The Hall–Kier alpha value is -1.30. The monoisotopic (exact) mass is 350 g/mol. The van der Waals surface area contributed by atoms with Crippen molar-refractivity contribution in [3.8, 4) is 0 Å². The van der Waals surface area contributed by atoms with Crippen LogP contribution < -0.4 is 10.6 Å². The second-order valence-corrected chi connectivity index (χ2v) is 8.21. The second-order valence-electron chi connectivity index (χ2n) is 8.21. The molecule has 1 saturated heterocycles. The number of guanidine groups is 1. The molecule has 2 saturated carbocycles. The molecule has 3 aliphatic rings. The standard InChI is InChI=1S/C19H34N4O2/c1-5-13(2)21-18(20-12-15(24)23(3)4)22-16-14-8-11-25-17(14)19(16)9-6-7-10-19/h13-14,16-17H,5-12H2,1-4H3,(H2,20,21,22). The highest BCUT2D eigenvalue weighted by Crippen LogP contribution is 2.60. The molecule has 6 heteroatoms. The zero-order valence-corrected chi connectivity index (χ0v) is 16.2. The number of nitrogens with one attached hydrogen (secondary N) is 2. The van der Waals surface area contributed by atoms with Gasteiger partial charge in [0, 0.05) is 44.1 Å². The number of hydrogen-bond donors (Lipinski definition) is 2. The molecule has 0 aromatic rings. The van der Waals surface area contributed by atoms with Crippen LogP contribution in [-0.2, 0) is 9.53 Å². The Balaban J connectivity index is 1.72. The van der Waals surface area contributed by atoms with E-state index in [1.807, 2.05) is 0 Å². The summed E-state index contributed by atoms with van der Waals surface area (Å²) in [6.45, 7) is 5.38. The van der Waals surface area contributed by atoms with Gasteiger partial charge in [-0.1, -0.05) is 19.8 Å². The van der Waals surface area contributed by atoms with E-state index in [4.69, 9.17) is 4.74 Å². The summed E-state index contributed by atoms with van der Waals surface area (Å²) in [6.07, 6.45) is 7.69. The van der Waals surface area contributed by atoms with Crippen LogP contribution in [0.4, 0.5) is 0 Å². The molecule has 0 aromatic carbocycles. The largest absolute Gasteiger partial charge is 0.377 e. The molecule has 1 amide bonds. The average molecular weight is 351 g/mol. The van der Waals surface area contributed by atoms with E-state index in [0.29, 0.717) is 24.1 Å². The van der Waals surface area contributed by atoms with E-state index in [-0.39, 0.29) is 17.9 Å². The van der Waals surface area contributed by atoms with Gasteiger partial charge in [0.15, 0.2) is 5.96 Å². The smallest absolute Gasteiger partial charge is 0.243 e. The average Bonchev–Trinajstić information content (AvgIpc) is 3.24. The molecule has 1 heterocycles. The maximum atomic E-state index is 11.9. The molecular formula is C19H34N4O2. The van der Waals surface area contributed by atoms with Crippen molar-refractivity contribution in [2.75, 3.05) is 27.2 Å². The van der Waals surface area contributed by atoms with Gasteiger partial charge in [-0.25, -0.2) is 4.99 Å². The predicted octanol–water partition coefficient (Wildman–Crippen LogP) is 1.76. The lowest BCUT2D eigenvalue weighted by Gasteiger charge is -2.57. The molecule has 0 bridgehead atoms. The third-order valence-corrected chi connectivity index (χ3v) is 6.45. The Morgan fingerprint density at radius 1 is 1.36 bits per heavy atom. The topological polar surface area (TPSA) is 66.0 Å². The van der Waals surface area contributed by atoms with Crippen LogP contribution in [0, 0.1) is 11.3 Å². The van der Waals surface area contributed by atoms with Gasteiger partial charge in [-0.05, 0) is 32.6 Å². The van der Waals surface area contributed by atoms with E-state index in [9.17, 15) is 4.79 Å². The number of likely N-dealkylation sites (N-methyl/N-ethyl adjacent to an activating group) is 1. The molecule has 6 nitrogen and oxygen atoms in total. The van der Waals surface area contributed by atoms with Gasteiger partial charge in [-0.15, -0.1) is 0 Å².